The second-order valence-corrected chi connectivity index (χ2v) is 8.15. The first-order chi connectivity index (χ1) is 13.2. The summed E-state index contributed by atoms with van der Waals surface area (Å²) in [6.45, 7) is 1.83. The first kappa shape index (κ1) is 20.5. The largest absolute Gasteiger partial charge is 0.504 e. The van der Waals surface area contributed by atoms with Crippen LogP contribution in [0.4, 0.5) is 5.69 Å². The number of rotatable bonds is 3. The molecule has 2 amide bonds. The molecule has 1 fully saturated rings. The van der Waals surface area contributed by atoms with Gasteiger partial charge in [0, 0.05) is 14.5 Å². The van der Waals surface area contributed by atoms with Crippen molar-refractivity contribution in [1.82, 2.24) is 5.32 Å². The van der Waals surface area contributed by atoms with Gasteiger partial charge in [0.25, 0.3) is 11.8 Å². The number of ether oxygens (including phenoxy) is 1. The van der Waals surface area contributed by atoms with Crippen molar-refractivity contribution in [2.75, 3.05) is 12.0 Å². The number of methoxy groups -OCH3 is 1. The van der Waals surface area contributed by atoms with Crippen LogP contribution in [0.15, 0.2) is 44.9 Å². The predicted molar refractivity (Wildman–Crippen MR) is 117 cm³/mol. The maximum absolute atomic E-state index is 13.1. The van der Waals surface area contributed by atoms with Gasteiger partial charge >= 0.3 is 0 Å². The number of halogens is 2. The van der Waals surface area contributed by atoms with Gasteiger partial charge in [0.2, 0.25) is 0 Å². The van der Waals surface area contributed by atoms with Crippen LogP contribution in [0.3, 0.4) is 0 Å². The lowest BCUT2D eigenvalue weighted by Gasteiger charge is -2.30. The third kappa shape index (κ3) is 3.82. The van der Waals surface area contributed by atoms with Crippen molar-refractivity contribution < 1.29 is 19.4 Å². The molecule has 0 bridgehead atoms. The number of aryl methyl sites for hydroxylation is 1. The molecule has 2 aromatic rings. The third-order valence-electron chi connectivity index (χ3n) is 4.09. The zero-order valence-electron chi connectivity index (χ0n) is 14.7. The number of phenolic OH excluding ortho intramolecular Hbond substituents is 1. The molecule has 28 heavy (non-hydrogen) atoms. The highest BCUT2D eigenvalue weighted by molar-refractivity contribution is 9.10. The molecule has 0 unspecified atom stereocenters. The van der Waals surface area contributed by atoms with Crippen LogP contribution in [0.5, 0.6) is 11.5 Å². The number of nitrogens with zero attached hydrogens (tertiary/aromatic N) is 1. The van der Waals surface area contributed by atoms with Crippen molar-refractivity contribution in [2.45, 2.75) is 6.92 Å². The lowest BCUT2D eigenvalue weighted by molar-refractivity contribution is -0.122. The molecule has 3 rings (SSSR count). The van der Waals surface area contributed by atoms with E-state index in [9.17, 15) is 14.7 Å². The first-order valence-electron chi connectivity index (χ1n) is 7.97. The number of thiocarbonyl (C=S) groups is 1. The van der Waals surface area contributed by atoms with Crippen LogP contribution < -0.4 is 15.0 Å². The highest BCUT2D eigenvalue weighted by Crippen LogP contribution is 2.35. The number of carbonyl (C=O) groups excluding carboxylic acids is 2. The molecule has 0 spiro atoms. The van der Waals surface area contributed by atoms with Gasteiger partial charge in [-0.05, 0) is 61.1 Å². The molecule has 1 aliphatic rings. The summed E-state index contributed by atoms with van der Waals surface area (Å²) in [6.07, 6.45) is 1.31. The molecule has 6 nitrogen and oxygen atoms in total. The SMILES string of the molecule is COc1cc(Br)cc(/C=C2/C(=O)NC(=S)N(c3ccc(Br)cc3C)C2=O)c1O. The van der Waals surface area contributed by atoms with E-state index in [1.807, 2.05) is 13.0 Å². The summed E-state index contributed by atoms with van der Waals surface area (Å²) in [5.74, 6) is -1.20. The Kier molecular flexibility index (Phi) is 5.87. The van der Waals surface area contributed by atoms with Crippen LogP contribution >= 0.6 is 44.1 Å². The molecule has 0 saturated carbocycles. The van der Waals surface area contributed by atoms with E-state index in [2.05, 4.69) is 37.2 Å². The molecule has 1 aliphatic heterocycles. The van der Waals surface area contributed by atoms with Gasteiger partial charge in [0.05, 0.1) is 12.8 Å². The number of amides is 2. The van der Waals surface area contributed by atoms with Gasteiger partial charge in [-0.1, -0.05) is 31.9 Å². The summed E-state index contributed by atoms with van der Waals surface area (Å²) in [6, 6.07) is 8.51. The molecule has 0 radical (unpaired) electrons. The second-order valence-electron chi connectivity index (χ2n) is 5.93. The van der Waals surface area contributed by atoms with E-state index in [0.717, 1.165) is 10.0 Å². The third-order valence-corrected chi connectivity index (χ3v) is 5.33. The van der Waals surface area contributed by atoms with Gasteiger partial charge < -0.3 is 9.84 Å². The molecule has 144 valence electrons. The van der Waals surface area contributed by atoms with Gasteiger partial charge in [0.15, 0.2) is 16.6 Å². The second kappa shape index (κ2) is 8.02. The normalized spacial score (nSPS) is 15.8. The smallest absolute Gasteiger partial charge is 0.270 e. The van der Waals surface area contributed by atoms with Gasteiger partial charge in [-0.3, -0.25) is 19.8 Å². The Balaban J connectivity index is 2.11. The number of carbonyl (C=O) groups is 2. The lowest BCUT2D eigenvalue weighted by Crippen LogP contribution is -2.54. The summed E-state index contributed by atoms with van der Waals surface area (Å²) in [7, 11) is 1.41. The molecular formula is C19H14Br2N2O4S. The van der Waals surface area contributed by atoms with Crippen LogP contribution in [0, 0.1) is 6.92 Å². The first-order valence-corrected chi connectivity index (χ1v) is 9.96. The van der Waals surface area contributed by atoms with Crippen molar-refractivity contribution in [3.05, 3.63) is 56.0 Å². The Bertz CT molecular complexity index is 1050. The fourth-order valence-corrected chi connectivity index (χ4v) is 3.97. The fraction of sp³-hybridized carbons (Fsp3) is 0.105. The summed E-state index contributed by atoms with van der Waals surface area (Å²) in [5, 5.41) is 12.9. The van der Waals surface area contributed by atoms with E-state index in [-0.39, 0.29) is 27.7 Å². The van der Waals surface area contributed by atoms with Crippen LogP contribution in [0.1, 0.15) is 11.1 Å². The van der Waals surface area contributed by atoms with Gasteiger partial charge in [0.1, 0.15) is 5.57 Å². The number of hydrogen-bond acceptors (Lipinski definition) is 5. The Hall–Kier alpha value is -2.23. The van der Waals surface area contributed by atoms with Crippen LogP contribution in [0.25, 0.3) is 6.08 Å². The standard InChI is InChI=1S/C19H14Br2N2O4S/c1-9-5-11(20)3-4-14(9)23-18(26)13(17(25)22-19(23)28)7-10-6-12(21)8-15(27-2)16(10)24/h3-8,24H,1-2H3,(H,22,25,28)/b13-7-. The predicted octanol–water partition coefficient (Wildman–Crippen LogP) is 4.07. The number of anilines is 1. The molecule has 0 atom stereocenters. The molecule has 9 heteroatoms. The minimum atomic E-state index is -0.639. The fourth-order valence-electron chi connectivity index (χ4n) is 2.76. The number of nitrogens with one attached hydrogen (secondary N) is 1. The number of phenols is 1. The summed E-state index contributed by atoms with van der Waals surface area (Å²) in [4.78, 5) is 26.8. The van der Waals surface area contributed by atoms with Crippen molar-refractivity contribution in [3.8, 4) is 11.5 Å². The quantitative estimate of drug-likeness (QED) is 0.359. The van der Waals surface area contributed by atoms with Gasteiger partial charge in [-0.15, -0.1) is 0 Å². The molecule has 1 saturated heterocycles. The van der Waals surface area contributed by atoms with E-state index >= 15 is 0 Å². The van der Waals surface area contributed by atoms with Crippen LogP contribution in [-0.4, -0.2) is 29.1 Å². The highest BCUT2D eigenvalue weighted by Gasteiger charge is 2.35. The monoisotopic (exact) mass is 524 g/mol. The minimum Gasteiger partial charge on any atom is -0.504 e. The molecule has 0 aliphatic carbocycles. The minimum absolute atomic E-state index is 0.00591. The average molecular weight is 526 g/mol. The van der Waals surface area contributed by atoms with Crippen molar-refractivity contribution in [1.29, 1.82) is 0 Å². The zero-order valence-corrected chi connectivity index (χ0v) is 18.7. The van der Waals surface area contributed by atoms with E-state index in [1.165, 1.54) is 18.1 Å². The van der Waals surface area contributed by atoms with E-state index in [0.29, 0.717) is 10.2 Å². The number of hydrogen-bond donors (Lipinski definition) is 2. The number of aromatic hydroxyl groups is 1. The van der Waals surface area contributed by atoms with E-state index in [4.69, 9.17) is 17.0 Å². The Morgan fingerprint density at radius 1 is 1.18 bits per heavy atom. The average Bonchev–Trinajstić information content (AvgIpc) is 2.62. The maximum atomic E-state index is 13.1. The Labute approximate surface area is 183 Å². The number of benzene rings is 2. The molecule has 0 aromatic heterocycles. The van der Waals surface area contributed by atoms with Crippen molar-refractivity contribution in [3.63, 3.8) is 0 Å². The highest BCUT2D eigenvalue weighted by atomic mass is 79.9. The van der Waals surface area contributed by atoms with Gasteiger partial charge in [-0.2, -0.15) is 0 Å². The van der Waals surface area contributed by atoms with Crippen LogP contribution in [0.2, 0.25) is 0 Å². The maximum Gasteiger partial charge on any atom is 0.270 e. The Morgan fingerprint density at radius 2 is 1.89 bits per heavy atom. The molecule has 2 N–H and O–H groups in total. The van der Waals surface area contributed by atoms with E-state index in [1.54, 1.807) is 24.3 Å². The summed E-state index contributed by atoms with van der Waals surface area (Å²) < 4.78 is 6.59. The lowest BCUT2D eigenvalue weighted by atomic mass is 10.0. The van der Waals surface area contributed by atoms with Crippen molar-refractivity contribution >= 4 is 72.8 Å². The Morgan fingerprint density at radius 3 is 2.54 bits per heavy atom. The molecule has 2 aromatic carbocycles. The van der Waals surface area contributed by atoms with Crippen molar-refractivity contribution in [2.24, 2.45) is 0 Å². The summed E-state index contributed by atoms with van der Waals surface area (Å²) >= 11 is 11.9. The summed E-state index contributed by atoms with van der Waals surface area (Å²) in [5.41, 5.74) is 1.45. The topological polar surface area (TPSA) is 78.9 Å². The van der Waals surface area contributed by atoms with Gasteiger partial charge in [-0.25, -0.2) is 0 Å². The van der Waals surface area contributed by atoms with E-state index < -0.39 is 11.8 Å². The molecular weight excluding hydrogens is 512 g/mol. The zero-order chi connectivity index (χ0) is 20.6. The molecule has 1 heterocycles. The van der Waals surface area contributed by atoms with Crippen LogP contribution in [-0.2, 0) is 9.59 Å².